The Morgan fingerprint density at radius 3 is 2.38 bits per heavy atom. The summed E-state index contributed by atoms with van der Waals surface area (Å²) < 4.78 is 5.04. The molecule has 0 aromatic heterocycles. The van der Waals surface area contributed by atoms with Crippen molar-refractivity contribution in [3.63, 3.8) is 0 Å². The summed E-state index contributed by atoms with van der Waals surface area (Å²) >= 11 is 5.75. The summed E-state index contributed by atoms with van der Waals surface area (Å²) in [6.07, 6.45) is -0.991. The molecule has 0 saturated heterocycles. The first-order chi connectivity index (χ1) is 12.4. The van der Waals surface area contributed by atoms with E-state index in [1.54, 1.807) is 36.4 Å². The van der Waals surface area contributed by atoms with Gasteiger partial charge in [0, 0.05) is 16.3 Å². The maximum Gasteiger partial charge on any atom is 0.326 e. The van der Waals surface area contributed by atoms with E-state index in [-0.39, 0.29) is 6.54 Å². The number of esters is 1. The Morgan fingerprint density at radius 2 is 1.73 bits per heavy atom. The summed E-state index contributed by atoms with van der Waals surface area (Å²) in [5, 5.41) is 5.64. The Bertz CT molecular complexity index is 805. The van der Waals surface area contributed by atoms with E-state index in [2.05, 4.69) is 10.6 Å². The van der Waals surface area contributed by atoms with E-state index in [1.165, 1.54) is 6.92 Å². The lowest BCUT2D eigenvalue weighted by Gasteiger charge is -2.15. The fourth-order valence-corrected chi connectivity index (χ4v) is 2.22. The van der Waals surface area contributed by atoms with Gasteiger partial charge in [-0.2, -0.15) is 0 Å². The second-order valence-electron chi connectivity index (χ2n) is 5.63. The largest absolute Gasteiger partial charge is 0.451 e. The number of anilines is 1. The quantitative estimate of drug-likeness (QED) is 0.761. The predicted octanol–water partition coefficient (Wildman–Crippen LogP) is 2.95. The number of ether oxygens (including phenoxy) is 1. The van der Waals surface area contributed by atoms with Crippen molar-refractivity contribution in [2.24, 2.45) is 0 Å². The number of amides is 2. The molecule has 2 N–H and O–H groups in total. The van der Waals surface area contributed by atoms with Crippen molar-refractivity contribution in [3.8, 4) is 0 Å². The molecule has 0 heterocycles. The Balaban J connectivity index is 1.81. The first-order valence-electron chi connectivity index (χ1n) is 7.96. The van der Waals surface area contributed by atoms with Gasteiger partial charge in [-0.1, -0.05) is 29.8 Å². The van der Waals surface area contributed by atoms with Crippen LogP contribution in [-0.2, 0) is 14.3 Å². The topological polar surface area (TPSA) is 84.5 Å². The number of halogens is 1. The molecular formula is C19H19ClN2O4. The van der Waals surface area contributed by atoms with Crippen LogP contribution in [0, 0.1) is 6.92 Å². The van der Waals surface area contributed by atoms with Gasteiger partial charge < -0.3 is 15.4 Å². The number of carbonyl (C=O) groups excluding carboxylic acids is 3. The van der Waals surface area contributed by atoms with Crippen molar-refractivity contribution < 1.29 is 19.1 Å². The number of hydrogen-bond donors (Lipinski definition) is 2. The molecule has 0 saturated carbocycles. The standard InChI is InChI=1S/C19H19ClN2O4/c1-12-5-3-4-6-16(12)22-18(24)13(2)26-17(23)11-21-19(25)14-7-9-15(20)10-8-14/h3-10,13H,11H2,1-2H3,(H,21,25)(H,22,24)/t13-/m1/s1. The van der Waals surface area contributed by atoms with Gasteiger partial charge in [0.1, 0.15) is 6.54 Å². The molecule has 2 rings (SSSR count). The van der Waals surface area contributed by atoms with Crippen molar-refractivity contribution in [2.45, 2.75) is 20.0 Å². The molecule has 2 aromatic carbocycles. The van der Waals surface area contributed by atoms with E-state index in [0.717, 1.165) is 5.56 Å². The van der Waals surface area contributed by atoms with Gasteiger partial charge in [-0.15, -0.1) is 0 Å². The number of benzene rings is 2. The van der Waals surface area contributed by atoms with Crippen LogP contribution >= 0.6 is 11.6 Å². The van der Waals surface area contributed by atoms with Gasteiger partial charge in [-0.25, -0.2) is 0 Å². The summed E-state index contributed by atoms with van der Waals surface area (Å²) in [5.74, 6) is -1.59. The molecule has 0 aliphatic heterocycles. The average molecular weight is 375 g/mol. The van der Waals surface area contributed by atoms with E-state index in [0.29, 0.717) is 16.3 Å². The van der Waals surface area contributed by atoms with Crippen LogP contribution in [0.15, 0.2) is 48.5 Å². The zero-order valence-corrected chi connectivity index (χ0v) is 15.2. The average Bonchev–Trinajstić information content (AvgIpc) is 2.62. The number of nitrogens with one attached hydrogen (secondary N) is 2. The Morgan fingerprint density at radius 1 is 1.08 bits per heavy atom. The molecule has 2 amide bonds. The molecule has 2 aromatic rings. The molecule has 26 heavy (non-hydrogen) atoms. The van der Waals surface area contributed by atoms with Gasteiger partial charge in [-0.3, -0.25) is 14.4 Å². The van der Waals surface area contributed by atoms with Crippen LogP contribution in [0.25, 0.3) is 0 Å². The minimum atomic E-state index is -0.991. The smallest absolute Gasteiger partial charge is 0.326 e. The number of aryl methyl sites for hydroxylation is 1. The van der Waals surface area contributed by atoms with Gasteiger partial charge in [-0.05, 0) is 49.7 Å². The molecule has 1 atom stereocenters. The third kappa shape index (κ3) is 5.60. The maximum absolute atomic E-state index is 12.1. The van der Waals surface area contributed by atoms with Crippen molar-refractivity contribution >= 4 is 35.1 Å². The van der Waals surface area contributed by atoms with E-state index in [9.17, 15) is 14.4 Å². The lowest BCUT2D eigenvalue weighted by molar-refractivity contribution is -0.152. The molecule has 0 bridgehead atoms. The number of para-hydroxylation sites is 1. The second kappa shape index (κ2) is 9.01. The molecule has 0 fully saturated rings. The van der Waals surface area contributed by atoms with E-state index >= 15 is 0 Å². The minimum absolute atomic E-state index is 0.344. The van der Waals surface area contributed by atoms with Crippen molar-refractivity contribution in [1.82, 2.24) is 5.32 Å². The van der Waals surface area contributed by atoms with E-state index in [4.69, 9.17) is 16.3 Å². The monoisotopic (exact) mass is 374 g/mol. The molecule has 136 valence electrons. The highest BCUT2D eigenvalue weighted by atomic mass is 35.5. The summed E-state index contributed by atoms with van der Waals surface area (Å²) in [5.41, 5.74) is 1.92. The SMILES string of the molecule is Cc1ccccc1NC(=O)[C@@H](C)OC(=O)CNC(=O)c1ccc(Cl)cc1. The third-order valence-electron chi connectivity index (χ3n) is 3.58. The number of hydrogen-bond acceptors (Lipinski definition) is 4. The van der Waals surface area contributed by atoms with E-state index in [1.807, 2.05) is 19.1 Å². The summed E-state index contributed by atoms with van der Waals surface area (Å²) in [6, 6.07) is 13.5. The first kappa shape index (κ1) is 19.5. The lowest BCUT2D eigenvalue weighted by Crippen LogP contribution is -2.35. The molecule has 0 aliphatic carbocycles. The van der Waals surface area contributed by atoms with E-state index < -0.39 is 23.9 Å². The molecule has 7 heteroatoms. The van der Waals surface area contributed by atoms with Crippen molar-refractivity contribution in [2.75, 3.05) is 11.9 Å². The molecule has 6 nitrogen and oxygen atoms in total. The summed E-state index contributed by atoms with van der Waals surface area (Å²) in [7, 11) is 0. The molecular weight excluding hydrogens is 356 g/mol. The zero-order chi connectivity index (χ0) is 19.1. The Kier molecular flexibility index (Phi) is 6.74. The van der Waals surface area contributed by atoms with Gasteiger partial charge in [0.15, 0.2) is 6.10 Å². The van der Waals surface area contributed by atoms with Crippen LogP contribution in [0.2, 0.25) is 5.02 Å². The lowest BCUT2D eigenvalue weighted by atomic mass is 10.2. The third-order valence-corrected chi connectivity index (χ3v) is 3.83. The molecule has 0 aliphatic rings. The van der Waals surface area contributed by atoms with Crippen LogP contribution in [-0.4, -0.2) is 30.4 Å². The van der Waals surface area contributed by atoms with Crippen LogP contribution in [0.5, 0.6) is 0 Å². The highest BCUT2D eigenvalue weighted by Crippen LogP contribution is 2.14. The fourth-order valence-electron chi connectivity index (χ4n) is 2.10. The van der Waals surface area contributed by atoms with Gasteiger partial charge >= 0.3 is 5.97 Å². The normalized spacial score (nSPS) is 11.3. The summed E-state index contributed by atoms with van der Waals surface area (Å²) in [6.45, 7) is 2.98. The van der Waals surface area contributed by atoms with Crippen molar-refractivity contribution in [1.29, 1.82) is 0 Å². The molecule has 0 spiro atoms. The first-order valence-corrected chi connectivity index (χ1v) is 8.34. The van der Waals surface area contributed by atoms with Crippen LogP contribution < -0.4 is 10.6 Å². The van der Waals surface area contributed by atoms with Crippen LogP contribution in [0.1, 0.15) is 22.8 Å². The highest BCUT2D eigenvalue weighted by molar-refractivity contribution is 6.30. The van der Waals surface area contributed by atoms with Crippen LogP contribution in [0.4, 0.5) is 5.69 Å². The van der Waals surface area contributed by atoms with Gasteiger partial charge in [0.05, 0.1) is 0 Å². The number of carbonyl (C=O) groups is 3. The Hall–Kier alpha value is -2.86. The van der Waals surface area contributed by atoms with Gasteiger partial charge in [0.2, 0.25) is 0 Å². The van der Waals surface area contributed by atoms with Crippen molar-refractivity contribution in [3.05, 3.63) is 64.7 Å². The maximum atomic E-state index is 12.1. The molecule has 0 unspecified atom stereocenters. The zero-order valence-electron chi connectivity index (χ0n) is 14.4. The van der Waals surface area contributed by atoms with Crippen LogP contribution in [0.3, 0.4) is 0 Å². The Labute approximate surface area is 156 Å². The molecule has 0 radical (unpaired) electrons. The predicted molar refractivity (Wildman–Crippen MR) is 99.1 cm³/mol. The minimum Gasteiger partial charge on any atom is -0.451 e. The fraction of sp³-hybridized carbons (Fsp3) is 0.211. The highest BCUT2D eigenvalue weighted by Gasteiger charge is 2.19. The van der Waals surface area contributed by atoms with Gasteiger partial charge in [0.25, 0.3) is 11.8 Å². The second-order valence-corrected chi connectivity index (χ2v) is 6.06. The summed E-state index contributed by atoms with van der Waals surface area (Å²) in [4.78, 5) is 35.9. The number of rotatable bonds is 6.